The number of aryl methyl sites for hydroxylation is 1. The molecule has 7 heteroatoms. The second-order valence-electron chi connectivity index (χ2n) is 7.25. The number of benzene rings is 2. The van der Waals surface area contributed by atoms with Gasteiger partial charge in [-0.1, -0.05) is 53.5 Å². The second kappa shape index (κ2) is 10.6. The molecule has 2 aromatic carbocycles. The first-order valence-corrected chi connectivity index (χ1v) is 10.6. The van der Waals surface area contributed by atoms with Crippen molar-refractivity contribution in [3.05, 3.63) is 64.1 Å². The second-order valence-corrected chi connectivity index (χ2v) is 8.03. The van der Waals surface area contributed by atoms with E-state index < -0.39 is 0 Å². The molecular formula is C22H25Cl2N3O2. The fourth-order valence-electron chi connectivity index (χ4n) is 3.45. The summed E-state index contributed by atoms with van der Waals surface area (Å²) in [6, 6.07) is 15.1. The van der Waals surface area contributed by atoms with Crippen LogP contribution in [0, 0.1) is 0 Å². The Balaban J connectivity index is 1.36. The lowest BCUT2D eigenvalue weighted by Crippen LogP contribution is -2.46. The van der Waals surface area contributed by atoms with Crippen LogP contribution in [0.1, 0.15) is 24.8 Å². The molecule has 0 atom stereocenters. The SMILES string of the molecule is O=C(CN1CCC(NC(=O)CCc2cccc(Cl)c2Cl)CC1)Nc1ccccc1. The van der Waals surface area contributed by atoms with Crippen molar-refractivity contribution < 1.29 is 9.59 Å². The maximum absolute atomic E-state index is 12.3. The number of rotatable bonds is 7. The van der Waals surface area contributed by atoms with Crippen molar-refractivity contribution in [3.8, 4) is 0 Å². The molecule has 2 N–H and O–H groups in total. The molecule has 1 aliphatic heterocycles. The Labute approximate surface area is 181 Å². The van der Waals surface area contributed by atoms with Gasteiger partial charge in [0.25, 0.3) is 0 Å². The summed E-state index contributed by atoms with van der Waals surface area (Å²) >= 11 is 12.2. The number of likely N-dealkylation sites (tertiary alicyclic amines) is 1. The van der Waals surface area contributed by atoms with Crippen LogP contribution in [0.2, 0.25) is 10.0 Å². The normalized spacial score (nSPS) is 15.1. The number of hydrogen-bond acceptors (Lipinski definition) is 3. The first-order chi connectivity index (χ1) is 14.0. The topological polar surface area (TPSA) is 61.4 Å². The minimum Gasteiger partial charge on any atom is -0.353 e. The molecule has 2 aromatic rings. The Morgan fingerprint density at radius 3 is 2.41 bits per heavy atom. The van der Waals surface area contributed by atoms with Crippen LogP contribution in [0.25, 0.3) is 0 Å². The van der Waals surface area contributed by atoms with E-state index in [4.69, 9.17) is 23.2 Å². The van der Waals surface area contributed by atoms with E-state index >= 15 is 0 Å². The number of nitrogens with zero attached hydrogens (tertiary/aromatic N) is 1. The van der Waals surface area contributed by atoms with Crippen LogP contribution in [0.3, 0.4) is 0 Å². The smallest absolute Gasteiger partial charge is 0.238 e. The van der Waals surface area contributed by atoms with Gasteiger partial charge in [0, 0.05) is 31.2 Å². The largest absolute Gasteiger partial charge is 0.353 e. The molecule has 0 radical (unpaired) electrons. The number of para-hydroxylation sites is 1. The Kier molecular flexibility index (Phi) is 7.92. The number of anilines is 1. The van der Waals surface area contributed by atoms with Gasteiger partial charge in [-0.25, -0.2) is 0 Å². The number of piperidine rings is 1. The quantitative estimate of drug-likeness (QED) is 0.689. The van der Waals surface area contributed by atoms with Gasteiger partial charge >= 0.3 is 0 Å². The molecule has 0 aliphatic carbocycles. The Morgan fingerprint density at radius 1 is 0.966 bits per heavy atom. The van der Waals surface area contributed by atoms with Crippen LogP contribution < -0.4 is 10.6 Å². The number of nitrogens with one attached hydrogen (secondary N) is 2. The van der Waals surface area contributed by atoms with E-state index in [0.717, 1.165) is 37.2 Å². The first-order valence-electron chi connectivity index (χ1n) is 9.81. The molecule has 0 saturated carbocycles. The molecule has 0 bridgehead atoms. The van der Waals surface area contributed by atoms with E-state index in [2.05, 4.69) is 15.5 Å². The number of halogens is 2. The highest BCUT2D eigenvalue weighted by atomic mass is 35.5. The van der Waals surface area contributed by atoms with Crippen molar-refractivity contribution in [2.24, 2.45) is 0 Å². The van der Waals surface area contributed by atoms with Crippen LogP contribution in [-0.2, 0) is 16.0 Å². The van der Waals surface area contributed by atoms with Crippen molar-refractivity contribution in [1.29, 1.82) is 0 Å². The van der Waals surface area contributed by atoms with Gasteiger partial charge in [0.15, 0.2) is 0 Å². The Bertz CT molecular complexity index is 837. The average molecular weight is 434 g/mol. The van der Waals surface area contributed by atoms with Gasteiger partial charge < -0.3 is 10.6 Å². The van der Waals surface area contributed by atoms with Gasteiger partial charge in [-0.3, -0.25) is 14.5 Å². The van der Waals surface area contributed by atoms with Gasteiger partial charge in [-0.15, -0.1) is 0 Å². The summed E-state index contributed by atoms with van der Waals surface area (Å²) in [5.41, 5.74) is 1.69. The third kappa shape index (κ3) is 6.74. The molecule has 3 rings (SSSR count). The van der Waals surface area contributed by atoms with E-state index in [1.54, 1.807) is 6.07 Å². The van der Waals surface area contributed by atoms with Crippen LogP contribution >= 0.6 is 23.2 Å². The number of carbonyl (C=O) groups excluding carboxylic acids is 2. The van der Waals surface area contributed by atoms with Crippen molar-refractivity contribution in [3.63, 3.8) is 0 Å². The van der Waals surface area contributed by atoms with E-state index in [0.29, 0.717) is 29.4 Å². The number of hydrogen-bond donors (Lipinski definition) is 2. The van der Waals surface area contributed by atoms with E-state index in [-0.39, 0.29) is 17.9 Å². The summed E-state index contributed by atoms with van der Waals surface area (Å²) in [6.07, 6.45) is 2.61. The molecule has 1 heterocycles. The van der Waals surface area contributed by atoms with Crippen molar-refractivity contribution in [1.82, 2.24) is 10.2 Å². The standard InChI is InChI=1S/C22H25Cl2N3O2/c23-19-8-4-5-16(22(19)24)9-10-20(28)25-18-11-13-27(14-12-18)15-21(29)26-17-6-2-1-3-7-17/h1-8,18H,9-15H2,(H,25,28)(H,26,29). The molecular weight excluding hydrogens is 409 g/mol. The van der Waals surface area contributed by atoms with Gasteiger partial charge in [-0.2, -0.15) is 0 Å². The third-order valence-corrected chi connectivity index (χ3v) is 5.89. The summed E-state index contributed by atoms with van der Waals surface area (Å²) in [5.74, 6) is -0.00148. The molecule has 1 aliphatic rings. The molecule has 5 nitrogen and oxygen atoms in total. The average Bonchev–Trinajstić information content (AvgIpc) is 2.71. The monoisotopic (exact) mass is 433 g/mol. The van der Waals surface area contributed by atoms with Crippen molar-refractivity contribution in [2.75, 3.05) is 25.0 Å². The lowest BCUT2D eigenvalue weighted by atomic mass is 10.0. The highest BCUT2D eigenvalue weighted by Crippen LogP contribution is 2.26. The number of amides is 2. The maximum atomic E-state index is 12.3. The highest BCUT2D eigenvalue weighted by Gasteiger charge is 2.22. The zero-order valence-electron chi connectivity index (χ0n) is 16.2. The summed E-state index contributed by atoms with van der Waals surface area (Å²) in [7, 11) is 0. The van der Waals surface area contributed by atoms with Crippen molar-refractivity contribution in [2.45, 2.75) is 31.7 Å². The molecule has 1 saturated heterocycles. The summed E-state index contributed by atoms with van der Waals surface area (Å²) < 4.78 is 0. The first kappa shape index (κ1) is 21.6. The predicted molar refractivity (Wildman–Crippen MR) is 117 cm³/mol. The zero-order chi connectivity index (χ0) is 20.6. The van der Waals surface area contributed by atoms with E-state index in [9.17, 15) is 9.59 Å². The van der Waals surface area contributed by atoms with Gasteiger partial charge in [0.05, 0.1) is 16.6 Å². The van der Waals surface area contributed by atoms with E-state index in [1.165, 1.54) is 0 Å². The maximum Gasteiger partial charge on any atom is 0.238 e. The minimum atomic E-state index is -0.0166. The Hall–Kier alpha value is -2.08. The molecule has 1 fully saturated rings. The summed E-state index contributed by atoms with van der Waals surface area (Å²) in [6.45, 7) is 1.93. The van der Waals surface area contributed by atoms with Gasteiger partial charge in [0.2, 0.25) is 11.8 Å². The molecule has 154 valence electrons. The van der Waals surface area contributed by atoms with Crippen LogP contribution in [-0.4, -0.2) is 42.4 Å². The third-order valence-electron chi connectivity index (χ3n) is 5.03. The van der Waals surface area contributed by atoms with E-state index in [1.807, 2.05) is 42.5 Å². The Morgan fingerprint density at radius 2 is 1.69 bits per heavy atom. The zero-order valence-corrected chi connectivity index (χ0v) is 17.7. The molecule has 0 unspecified atom stereocenters. The van der Waals surface area contributed by atoms with Gasteiger partial charge in [0.1, 0.15) is 0 Å². The van der Waals surface area contributed by atoms with Crippen LogP contribution in [0.15, 0.2) is 48.5 Å². The lowest BCUT2D eigenvalue weighted by molar-refractivity contribution is -0.122. The molecule has 0 aromatic heterocycles. The van der Waals surface area contributed by atoms with Crippen LogP contribution in [0.4, 0.5) is 5.69 Å². The predicted octanol–water partition coefficient (Wildman–Crippen LogP) is 4.15. The van der Waals surface area contributed by atoms with Crippen LogP contribution in [0.5, 0.6) is 0 Å². The fourth-order valence-corrected chi connectivity index (χ4v) is 3.86. The summed E-state index contributed by atoms with van der Waals surface area (Å²) in [4.78, 5) is 26.6. The molecule has 0 spiro atoms. The van der Waals surface area contributed by atoms with Crippen molar-refractivity contribution >= 4 is 40.7 Å². The number of carbonyl (C=O) groups is 2. The molecule has 29 heavy (non-hydrogen) atoms. The van der Waals surface area contributed by atoms with Gasteiger partial charge in [-0.05, 0) is 43.0 Å². The minimum absolute atomic E-state index is 0.0151. The molecule has 2 amide bonds. The lowest BCUT2D eigenvalue weighted by Gasteiger charge is -2.31. The highest BCUT2D eigenvalue weighted by molar-refractivity contribution is 6.42. The summed E-state index contributed by atoms with van der Waals surface area (Å²) in [5, 5.41) is 7.02. The fraction of sp³-hybridized carbons (Fsp3) is 0.364.